The Kier molecular flexibility index (Phi) is 2.83. The third kappa shape index (κ3) is 2.15. The van der Waals surface area contributed by atoms with E-state index >= 15 is 0 Å². The van der Waals surface area contributed by atoms with Crippen molar-refractivity contribution in [2.45, 2.75) is 24.9 Å². The molecule has 0 spiro atoms. The number of ether oxygens (including phenoxy) is 2. The van der Waals surface area contributed by atoms with E-state index in [4.69, 9.17) is 9.47 Å². The number of carboxylic acid groups (broad SMARTS) is 1. The molecule has 3 atom stereocenters. The topological polar surface area (TPSA) is 97.8 Å². The normalized spacial score (nSPS) is 25.1. The number of pyridine rings is 1. The third-order valence-corrected chi connectivity index (χ3v) is 4.94. The van der Waals surface area contributed by atoms with Gasteiger partial charge in [0.25, 0.3) is 0 Å². The summed E-state index contributed by atoms with van der Waals surface area (Å²) in [5, 5.41) is 11.9. The lowest BCUT2D eigenvalue weighted by molar-refractivity contribution is -0.139. The van der Waals surface area contributed by atoms with Crippen LogP contribution in [0.15, 0.2) is 30.5 Å². The first-order valence-electron chi connectivity index (χ1n) is 8.11. The Labute approximate surface area is 142 Å². The predicted molar refractivity (Wildman–Crippen MR) is 86.0 cm³/mol. The van der Waals surface area contributed by atoms with Crippen LogP contribution in [0.2, 0.25) is 0 Å². The zero-order valence-corrected chi connectivity index (χ0v) is 13.1. The summed E-state index contributed by atoms with van der Waals surface area (Å²) in [6.45, 7) is 0. The molecular weight excluding hydrogens is 324 g/mol. The molecule has 2 aliphatic heterocycles. The molecule has 1 aromatic carbocycles. The second kappa shape index (κ2) is 4.95. The van der Waals surface area contributed by atoms with Crippen LogP contribution in [0.4, 0.5) is 5.82 Å². The van der Waals surface area contributed by atoms with E-state index in [1.54, 1.807) is 18.3 Å². The van der Waals surface area contributed by atoms with E-state index in [0.717, 1.165) is 16.9 Å². The second-order valence-corrected chi connectivity index (χ2v) is 6.46. The fraction of sp³-hybridized carbons (Fsp3) is 0.278. The molecule has 3 heterocycles. The number of nitrogens with one attached hydrogen (secondary N) is 1. The van der Waals surface area contributed by atoms with Crippen LogP contribution in [0.1, 0.15) is 23.5 Å². The first-order valence-corrected chi connectivity index (χ1v) is 8.11. The van der Waals surface area contributed by atoms with Crippen LogP contribution < -0.4 is 14.8 Å². The van der Waals surface area contributed by atoms with Gasteiger partial charge < -0.3 is 19.9 Å². The molecule has 1 saturated carbocycles. The number of aromatic nitrogens is 1. The molecule has 0 bridgehead atoms. The Balaban J connectivity index is 1.44. The molecule has 7 nitrogen and oxygen atoms in total. The highest BCUT2D eigenvalue weighted by atomic mass is 16.5. The van der Waals surface area contributed by atoms with Crippen LogP contribution in [-0.4, -0.2) is 28.1 Å². The minimum atomic E-state index is -0.828. The molecule has 126 valence electrons. The Morgan fingerprint density at radius 2 is 2.20 bits per heavy atom. The van der Waals surface area contributed by atoms with Crippen molar-refractivity contribution in [3.05, 3.63) is 41.6 Å². The van der Waals surface area contributed by atoms with Crippen LogP contribution in [0, 0.1) is 5.92 Å². The van der Waals surface area contributed by atoms with Crippen molar-refractivity contribution in [2.24, 2.45) is 5.92 Å². The van der Waals surface area contributed by atoms with Crippen molar-refractivity contribution >= 4 is 17.7 Å². The number of aliphatic carboxylic acids is 1. The molecule has 7 heteroatoms. The summed E-state index contributed by atoms with van der Waals surface area (Å²) in [4.78, 5) is 26.9. The minimum Gasteiger partial charge on any atom is -0.489 e. The number of hydrogen-bond acceptors (Lipinski definition) is 5. The van der Waals surface area contributed by atoms with Gasteiger partial charge in [0, 0.05) is 29.7 Å². The number of rotatable bonds is 3. The Bertz CT molecular complexity index is 926. The fourth-order valence-electron chi connectivity index (χ4n) is 3.68. The first kappa shape index (κ1) is 14.3. The SMILES string of the molecule is O=C1CCc2c(Oc3ccc4c(c3)[C@@H]3C(O4)[C@H]3C(=O)O)ccnc2N1. The Morgan fingerprint density at radius 1 is 1.32 bits per heavy atom. The number of benzene rings is 1. The predicted octanol–water partition coefficient (Wildman–Crippen LogP) is 2.32. The van der Waals surface area contributed by atoms with Gasteiger partial charge in [0.2, 0.25) is 5.91 Å². The maximum Gasteiger partial charge on any atom is 0.311 e. The summed E-state index contributed by atoms with van der Waals surface area (Å²) in [6, 6.07) is 7.22. The second-order valence-electron chi connectivity index (χ2n) is 6.46. The van der Waals surface area contributed by atoms with Crippen molar-refractivity contribution in [3.8, 4) is 17.2 Å². The maximum atomic E-state index is 11.5. The maximum absolute atomic E-state index is 11.5. The average Bonchev–Trinajstić information content (AvgIpc) is 3.19. The zero-order valence-electron chi connectivity index (χ0n) is 13.1. The van der Waals surface area contributed by atoms with E-state index in [1.807, 2.05) is 12.1 Å². The van der Waals surface area contributed by atoms with Crippen LogP contribution in [0.25, 0.3) is 0 Å². The van der Waals surface area contributed by atoms with Crippen molar-refractivity contribution in [1.82, 2.24) is 4.98 Å². The van der Waals surface area contributed by atoms with Crippen molar-refractivity contribution in [3.63, 3.8) is 0 Å². The number of fused-ring (bicyclic) bond motifs is 4. The highest BCUT2D eigenvalue weighted by molar-refractivity contribution is 5.93. The summed E-state index contributed by atoms with van der Waals surface area (Å²) >= 11 is 0. The number of carboxylic acids is 1. The van der Waals surface area contributed by atoms with Crippen molar-refractivity contribution in [2.75, 3.05) is 5.32 Å². The number of anilines is 1. The van der Waals surface area contributed by atoms with Crippen LogP contribution in [0.5, 0.6) is 17.2 Å². The highest BCUT2D eigenvalue weighted by Crippen LogP contribution is 2.59. The van der Waals surface area contributed by atoms with Crippen LogP contribution in [-0.2, 0) is 16.0 Å². The van der Waals surface area contributed by atoms with Gasteiger partial charge >= 0.3 is 5.97 Å². The lowest BCUT2D eigenvalue weighted by Crippen LogP contribution is -2.20. The summed E-state index contributed by atoms with van der Waals surface area (Å²) in [5.41, 5.74) is 1.75. The minimum absolute atomic E-state index is 0.0497. The van der Waals surface area contributed by atoms with Gasteiger partial charge in [-0.2, -0.15) is 0 Å². The van der Waals surface area contributed by atoms with Crippen LogP contribution >= 0.6 is 0 Å². The number of carbonyl (C=O) groups is 2. The van der Waals surface area contributed by atoms with Crippen molar-refractivity contribution in [1.29, 1.82) is 0 Å². The summed E-state index contributed by atoms with van der Waals surface area (Å²) in [7, 11) is 0. The molecule has 3 aliphatic rings. The third-order valence-electron chi connectivity index (χ3n) is 4.94. The fourth-order valence-corrected chi connectivity index (χ4v) is 3.68. The standard InChI is InChI=1S/C18H14N2O5/c21-13-4-2-9-12(5-6-19-17(9)20-13)24-8-1-3-11-10(7-8)14-15(18(22)23)16(14)25-11/h1,3,5-7,14-16H,2,4H2,(H,22,23)(H,19,20,21)/t14-,15-,16?/m0/s1. The molecule has 0 saturated heterocycles. The van der Waals surface area contributed by atoms with Gasteiger partial charge in [-0.05, 0) is 30.7 Å². The highest BCUT2D eigenvalue weighted by Gasteiger charge is 2.63. The van der Waals surface area contributed by atoms with E-state index in [0.29, 0.717) is 30.2 Å². The van der Waals surface area contributed by atoms with Gasteiger partial charge in [-0.25, -0.2) is 4.98 Å². The zero-order chi connectivity index (χ0) is 17.1. The van der Waals surface area contributed by atoms with Gasteiger partial charge in [-0.15, -0.1) is 0 Å². The van der Waals surface area contributed by atoms with E-state index in [9.17, 15) is 14.7 Å². The molecule has 1 aromatic heterocycles. The molecule has 5 rings (SSSR count). The Morgan fingerprint density at radius 3 is 3.04 bits per heavy atom. The molecule has 2 aromatic rings. The monoisotopic (exact) mass is 338 g/mol. The van der Waals surface area contributed by atoms with E-state index in [1.165, 1.54) is 0 Å². The lowest BCUT2D eigenvalue weighted by Gasteiger charge is -2.19. The van der Waals surface area contributed by atoms with Gasteiger partial charge in [0.15, 0.2) is 0 Å². The number of nitrogens with zero attached hydrogens (tertiary/aromatic N) is 1. The van der Waals surface area contributed by atoms with E-state index in [-0.39, 0.29) is 17.9 Å². The number of hydrogen-bond donors (Lipinski definition) is 2. The van der Waals surface area contributed by atoms with Crippen molar-refractivity contribution < 1.29 is 24.2 Å². The smallest absolute Gasteiger partial charge is 0.311 e. The molecular formula is C18H14N2O5. The van der Waals surface area contributed by atoms with Gasteiger partial charge in [-0.3, -0.25) is 9.59 Å². The lowest BCUT2D eigenvalue weighted by atomic mass is 10.1. The average molecular weight is 338 g/mol. The molecule has 1 fully saturated rings. The quantitative estimate of drug-likeness (QED) is 0.891. The first-order chi connectivity index (χ1) is 12.1. The van der Waals surface area contributed by atoms with Gasteiger partial charge in [0.05, 0.1) is 0 Å². The number of carbonyl (C=O) groups excluding carboxylic acids is 1. The molecule has 25 heavy (non-hydrogen) atoms. The largest absolute Gasteiger partial charge is 0.489 e. The summed E-state index contributed by atoms with van der Waals surface area (Å²) < 4.78 is 11.7. The van der Waals surface area contributed by atoms with Gasteiger partial charge in [-0.1, -0.05) is 0 Å². The number of amides is 1. The molecule has 1 amide bonds. The van der Waals surface area contributed by atoms with Gasteiger partial charge in [0.1, 0.15) is 35.1 Å². The molecule has 0 radical (unpaired) electrons. The molecule has 2 N–H and O–H groups in total. The van der Waals surface area contributed by atoms with Crippen LogP contribution in [0.3, 0.4) is 0 Å². The molecule has 1 aliphatic carbocycles. The summed E-state index contributed by atoms with van der Waals surface area (Å²) in [6.07, 6.45) is 2.31. The summed E-state index contributed by atoms with van der Waals surface area (Å²) in [5.74, 6) is 1.08. The van der Waals surface area contributed by atoms with E-state index in [2.05, 4.69) is 10.3 Å². The van der Waals surface area contributed by atoms with E-state index < -0.39 is 11.9 Å². The Hall–Kier alpha value is -3.09. The molecule has 1 unspecified atom stereocenters.